The Morgan fingerprint density at radius 1 is 1.35 bits per heavy atom. The number of ketones is 1. The Kier molecular flexibility index (Phi) is 5.27. The van der Waals surface area contributed by atoms with E-state index in [1.165, 1.54) is 30.6 Å². The molecular weight excluding hydrogens is 290 g/mol. The van der Waals surface area contributed by atoms with Crippen LogP contribution in [0.3, 0.4) is 0 Å². The molecule has 112 valence electrons. The summed E-state index contributed by atoms with van der Waals surface area (Å²) in [6, 6.07) is 3.64. The van der Waals surface area contributed by atoms with E-state index in [2.05, 4.69) is 25.7 Å². The van der Waals surface area contributed by atoms with E-state index in [1.54, 1.807) is 6.07 Å². The van der Waals surface area contributed by atoms with Gasteiger partial charge in [0.15, 0.2) is 5.78 Å². The maximum atomic E-state index is 12.2. The number of carbonyl (C=O) groups excluding carboxylic acids is 1. The summed E-state index contributed by atoms with van der Waals surface area (Å²) in [4.78, 5) is 15.3. The predicted molar refractivity (Wildman–Crippen MR) is 86.9 cm³/mol. The molecular formula is C16H24ClNOS. The lowest BCUT2D eigenvalue weighted by molar-refractivity contribution is 0.0934. The van der Waals surface area contributed by atoms with Gasteiger partial charge in [-0.1, -0.05) is 32.4 Å². The number of nitrogens with zero attached hydrogens (tertiary/aromatic N) is 1. The van der Waals surface area contributed by atoms with E-state index in [0.29, 0.717) is 16.3 Å². The smallest absolute Gasteiger partial charge is 0.186 e. The molecule has 0 spiro atoms. The van der Waals surface area contributed by atoms with E-state index in [1.807, 2.05) is 6.07 Å². The maximum Gasteiger partial charge on any atom is 0.186 e. The van der Waals surface area contributed by atoms with Gasteiger partial charge in [-0.3, -0.25) is 9.69 Å². The fraction of sp³-hybridized carbons (Fsp3) is 0.688. The van der Waals surface area contributed by atoms with Crippen LogP contribution in [0.25, 0.3) is 0 Å². The minimum atomic E-state index is 0.205. The second kappa shape index (κ2) is 6.59. The first kappa shape index (κ1) is 16.0. The SMILES string of the molecule is CC(C)(C)C1CCCN(CC(=O)c2ccc(Cl)s2)CC1. The van der Waals surface area contributed by atoms with Crippen molar-refractivity contribution < 1.29 is 4.79 Å². The van der Waals surface area contributed by atoms with Crippen LogP contribution in [0.4, 0.5) is 0 Å². The number of rotatable bonds is 3. The Bertz CT molecular complexity index is 463. The number of halogens is 1. The zero-order valence-corrected chi connectivity index (χ0v) is 14.2. The van der Waals surface area contributed by atoms with Gasteiger partial charge in [0.1, 0.15) is 0 Å². The van der Waals surface area contributed by atoms with Crippen molar-refractivity contribution in [2.75, 3.05) is 19.6 Å². The first-order valence-corrected chi connectivity index (χ1v) is 8.56. The summed E-state index contributed by atoms with van der Waals surface area (Å²) < 4.78 is 0.692. The second-order valence-electron chi connectivity index (χ2n) is 6.80. The highest BCUT2D eigenvalue weighted by Crippen LogP contribution is 2.34. The highest BCUT2D eigenvalue weighted by atomic mass is 35.5. The Morgan fingerprint density at radius 2 is 2.10 bits per heavy atom. The highest BCUT2D eigenvalue weighted by Gasteiger charge is 2.27. The minimum Gasteiger partial charge on any atom is -0.296 e. The molecule has 1 aliphatic rings. The fourth-order valence-electron chi connectivity index (χ4n) is 2.93. The third-order valence-electron chi connectivity index (χ3n) is 4.26. The Hall–Kier alpha value is -0.380. The lowest BCUT2D eigenvalue weighted by Gasteiger charge is -2.29. The van der Waals surface area contributed by atoms with Crippen LogP contribution >= 0.6 is 22.9 Å². The summed E-state index contributed by atoms with van der Waals surface area (Å²) in [7, 11) is 0. The van der Waals surface area contributed by atoms with Crippen molar-refractivity contribution >= 4 is 28.7 Å². The molecule has 1 aromatic rings. The van der Waals surface area contributed by atoms with Crippen molar-refractivity contribution in [2.24, 2.45) is 11.3 Å². The number of hydrogen-bond acceptors (Lipinski definition) is 3. The minimum absolute atomic E-state index is 0.205. The summed E-state index contributed by atoms with van der Waals surface area (Å²) in [6.45, 7) is 9.59. The normalized spacial score (nSPS) is 21.7. The van der Waals surface area contributed by atoms with Crippen molar-refractivity contribution in [3.63, 3.8) is 0 Å². The standard InChI is InChI=1S/C16H24ClNOS/c1-16(2,3)12-5-4-9-18(10-8-12)11-13(19)14-6-7-15(17)20-14/h6-7,12H,4-5,8-11H2,1-3H3. The molecule has 0 bridgehead atoms. The van der Waals surface area contributed by atoms with E-state index in [-0.39, 0.29) is 5.78 Å². The molecule has 2 heterocycles. The van der Waals surface area contributed by atoms with Crippen molar-refractivity contribution in [1.29, 1.82) is 0 Å². The summed E-state index contributed by atoms with van der Waals surface area (Å²) in [5.41, 5.74) is 0.376. The molecule has 0 aromatic carbocycles. The molecule has 2 nitrogen and oxygen atoms in total. The van der Waals surface area contributed by atoms with E-state index >= 15 is 0 Å². The molecule has 0 N–H and O–H groups in total. The van der Waals surface area contributed by atoms with Gasteiger partial charge in [-0.2, -0.15) is 0 Å². The molecule has 20 heavy (non-hydrogen) atoms. The molecule has 0 aliphatic carbocycles. The van der Waals surface area contributed by atoms with Crippen molar-refractivity contribution in [3.8, 4) is 0 Å². The van der Waals surface area contributed by atoms with Crippen LogP contribution in [0.15, 0.2) is 12.1 Å². The molecule has 4 heteroatoms. The molecule has 2 rings (SSSR count). The number of Topliss-reactive ketones (excluding diaryl/α,β-unsaturated/α-hetero) is 1. The van der Waals surface area contributed by atoms with Gasteiger partial charge in [0.2, 0.25) is 0 Å². The van der Waals surface area contributed by atoms with Crippen LogP contribution in [-0.4, -0.2) is 30.3 Å². The maximum absolute atomic E-state index is 12.2. The second-order valence-corrected chi connectivity index (χ2v) is 8.51. The third kappa shape index (κ3) is 4.31. The number of likely N-dealkylation sites (tertiary alicyclic amines) is 1. The van der Waals surface area contributed by atoms with Gasteiger partial charge in [-0.15, -0.1) is 11.3 Å². The van der Waals surface area contributed by atoms with Gasteiger partial charge in [-0.25, -0.2) is 0 Å². The van der Waals surface area contributed by atoms with E-state index < -0.39 is 0 Å². The topological polar surface area (TPSA) is 20.3 Å². The zero-order valence-electron chi connectivity index (χ0n) is 12.6. The zero-order chi connectivity index (χ0) is 14.8. The van der Waals surface area contributed by atoms with E-state index in [9.17, 15) is 4.79 Å². The van der Waals surface area contributed by atoms with Gasteiger partial charge >= 0.3 is 0 Å². The average molecular weight is 314 g/mol. The Morgan fingerprint density at radius 3 is 2.70 bits per heavy atom. The number of hydrogen-bond donors (Lipinski definition) is 0. The first-order chi connectivity index (χ1) is 9.36. The summed E-state index contributed by atoms with van der Waals surface area (Å²) in [5, 5.41) is 0. The predicted octanol–water partition coefficient (Wildman–Crippen LogP) is 4.73. The van der Waals surface area contributed by atoms with Gasteiger partial charge in [-0.05, 0) is 55.8 Å². The summed E-state index contributed by atoms with van der Waals surface area (Å²) in [6.07, 6.45) is 3.67. The molecule has 0 amide bonds. The molecule has 1 atom stereocenters. The largest absolute Gasteiger partial charge is 0.296 e. The summed E-state index contributed by atoms with van der Waals surface area (Å²) >= 11 is 7.28. The lowest BCUT2D eigenvalue weighted by Crippen LogP contribution is -2.31. The van der Waals surface area contributed by atoms with Crippen LogP contribution < -0.4 is 0 Å². The third-order valence-corrected chi connectivity index (χ3v) is 5.53. The Labute approximate surface area is 131 Å². The van der Waals surface area contributed by atoms with Gasteiger partial charge in [0.25, 0.3) is 0 Å². The number of carbonyl (C=O) groups is 1. The lowest BCUT2D eigenvalue weighted by atomic mass is 9.77. The Balaban J connectivity index is 1.90. The molecule has 0 radical (unpaired) electrons. The van der Waals surface area contributed by atoms with Crippen LogP contribution in [-0.2, 0) is 0 Å². The van der Waals surface area contributed by atoms with Crippen molar-refractivity contribution in [1.82, 2.24) is 4.90 Å². The van der Waals surface area contributed by atoms with Crippen LogP contribution in [0.5, 0.6) is 0 Å². The fourth-order valence-corrected chi connectivity index (χ4v) is 3.90. The highest BCUT2D eigenvalue weighted by molar-refractivity contribution is 7.18. The summed E-state index contributed by atoms with van der Waals surface area (Å²) in [5.74, 6) is 0.967. The monoisotopic (exact) mass is 313 g/mol. The van der Waals surface area contributed by atoms with Crippen LogP contribution in [0, 0.1) is 11.3 Å². The first-order valence-electron chi connectivity index (χ1n) is 7.37. The van der Waals surface area contributed by atoms with E-state index in [4.69, 9.17) is 11.6 Å². The molecule has 0 saturated carbocycles. The molecule has 1 fully saturated rings. The van der Waals surface area contributed by atoms with E-state index in [0.717, 1.165) is 23.9 Å². The van der Waals surface area contributed by atoms with Crippen molar-refractivity contribution in [3.05, 3.63) is 21.3 Å². The molecule has 1 aromatic heterocycles. The van der Waals surface area contributed by atoms with Gasteiger partial charge in [0, 0.05) is 0 Å². The molecule has 1 aliphatic heterocycles. The quantitative estimate of drug-likeness (QED) is 0.752. The molecule has 1 unspecified atom stereocenters. The number of thiophene rings is 1. The van der Waals surface area contributed by atoms with Crippen molar-refractivity contribution in [2.45, 2.75) is 40.0 Å². The van der Waals surface area contributed by atoms with Gasteiger partial charge < -0.3 is 0 Å². The molecule has 1 saturated heterocycles. The average Bonchev–Trinajstić information content (AvgIpc) is 2.64. The van der Waals surface area contributed by atoms with Crippen LogP contribution in [0.1, 0.15) is 49.7 Å². The van der Waals surface area contributed by atoms with Crippen LogP contribution in [0.2, 0.25) is 4.34 Å². The van der Waals surface area contributed by atoms with Gasteiger partial charge in [0.05, 0.1) is 15.8 Å².